The highest BCUT2D eigenvalue weighted by Gasteiger charge is 2.11. The van der Waals surface area contributed by atoms with Gasteiger partial charge in [0.15, 0.2) is 5.82 Å². The van der Waals surface area contributed by atoms with Crippen LogP contribution in [0.2, 0.25) is 5.02 Å². The Balaban J connectivity index is 1.60. The zero-order valence-electron chi connectivity index (χ0n) is 15.3. The van der Waals surface area contributed by atoms with E-state index >= 15 is 0 Å². The summed E-state index contributed by atoms with van der Waals surface area (Å²) in [5, 5.41) is 5.00. The Bertz CT molecular complexity index is 1200. The molecule has 0 aliphatic carbocycles. The molecule has 0 aliphatic heterocycles. The maximum atomic E-state index is 12.7. The van der Waals surface area contributed by atoms with E-state index in [0.717, 1.165) is 29.7 Å². The van der Waals surface area contributed by atoms with E-state index in [-0.39, 0.29) is 5.56 Å². The van der Waals surface area contributed by atoms with Crippen LogP contribution in [-0.4, -0.2) is 21.2 Å². The molecule has 0 fully saturated rings. The molecule has 0 atom stereocenters. The summed E-state index contributed by atoms with van der Waals surface area (Å²) in [6.07, 6.45) is 3.99. The Morgan fingerprint density at radius 2 is 1.89 bits per heavy atom. The number of halogens is 1. The van der Waals surface area contributed by atoms with Crippen LogP contribution in [0.3, 0.4) is 0 Å². The molecule has 0 aliphatic rings. The molecule has 142 valence electrons. The molecule has 2 aromatic heterocycles. The van der Waals surface area contributed by atoms with Gasteiger partial charge in [0.05, 0.1) is 11.1 Å². The van der Waals surface area contributed by atoms with Crippen LogP contribution in [0.25, 0.3) is 22.4 Å². The maximum absolute atomic E-state index is 12.7. The smallest absolute Gasteiger partial charge is 0.291 e. The summed E-state index contributed by atoms with van der Waals surface area (Å²) in [6, 6.07) is 14.9. The third-order valence-corrected chi connectivity index (χ3v) is 5.44. The Morgan fingerprint density at radius 3 is 2.57 bits per heavy atom. The number of hydrogen-bond acceptors (Lipinski definition) is 5. The fourth-order valence-corrected chi connectivity index (χ4v) is 3.73. The predicted octanol–water partition coefficient (Wildman–Crippen LogP) is 4.20. The van der Waals surface area contributed by atoms with Crippen molar-refractivity contribution in [1.82, 2.24) is 14.6 Å². The normalized spacial score (nSPS) is 12.0. The highest BCUT2D eigenvalue weighted by atomic mass is 35.5. The minimum atomic E-state index is -0.170. The highest BCUT2D eigenvalue weighted by molar-refractivity contribution is 7.15. The van der Waals surface area contributed by atoms with Crippen molar-refractivity contribution in [3.63, 3.8) is 0 Å². The van der Waals surface area contributed by atoms with Gasteiger partial charge in [-0.05, 0) is 54.5 Å². The summed E-state index contributed by atoms with van der Waals surface area (Å²) in [7, 11) is 0. The van der Waals surface area contributed by atoms with E-state index in [2.05, 4.69) is 17.0 Å². The fraction of sp³-hybridized carbons (Fsp3) is 0.190. The van der Waals surface area contributed by atoms with Crippen molar-refractivity contribution in [2.75, 3.05) is 6.61 Å². The number of ether oxygens (including phenoxy) is 1. The first-order valence-electron chi connectivity index (χ1n) is 9.04. The summed E-state index contributed by atoms with van der Waals surface area (Å²) in [5.74, 6) is 1.35. The molecule has 5 nitrogen and oxygen atoms in total. The molecule has 0 bridgehead atoms. The molecule has 0 N–H and O–H groups in total. The summed E-state index contributed by atoms with van der Waals surface area (Å²) < 4.78 is 7.61. The first-order chi connectivity index (χ1) is 13.6. The standard InChI is InChI=1S/C21H18ClN3O2S/c1-2-3-12-27-17-10-4-14(5-11-17)13-18-20(26)25-21(28-18)23-19(24-25)15-6-8-16(22)9-7-15/h4-11,13H,2-3,12H2,1H3. The van der Waals surface area contributed by atoms with Crippen molar-refractivity contribution >= 4 is 34.0 Å². The van der Waals surface area contributed by atoms with Gasteiger partial charge in [0, 0.05) is 10.6 Å². The van der Waals surface area contributed by atoms with Crippen LogP contribution in [0.1, 0.15) is 25.3 Å². The second-order valence-corrected chi connectivity index (χ2v) is 7.77. The van der Waals surface area contributed by atoms with Crippen molar-refractivity contribution in [2.24, 2.45) is 0 Å². The van der Waals surface area contributed by atoms with Crippen molar-refractivity contribution in [2.45, 2.75) is 19.8 Å². The average Bonchev–Trinajstić information content (AvgIpc) is 3.24. The number of hydrogen-bond donors (Lipinski definition) is 0. The molecule has 2 heterocycles. The summed E-state index contributed by atoms with van der Waals surface area (Å²) in [4.78, 5) is 17.7. The molecule has 0 unspecified atom stereocenters. The molecule has 0 radical (unpaired) electrons. The van der Waals surface area contributed by atoms with Gasteiger partial charge in [-0.25, -0.2) is 0 Å². The van der Waals surface area contributed by atoms with E-state index in [4.69, 9.17) is 16.3 Å². The summed E-state index contributed by atoms with van der Waals surface area (Å²) in [5.41, 5.74) is 1.59. The van der Waals surface area contributed by atoms with Crippen molar-refractivity contribution in [1.29, 1.82) is 0 Å². The van der Waals surface area contributed by atoms with Crippen molar-refractivity contribution < 1.29 is 4.74 Å². The van der Waals surface area contributed by atoms with E-state index in [0.29, 0.717) is 26.9 Å². The van der Waals surface area contributed by atoms with Gasteiger partial charge in [-0.15, -0.1) is 5.10 Å². The number of rotatable bonds is 6. The average molecular weight is 412 g/mol. The molecule has 4 aromatic rings. The monoisotopic (exact) mass is 411 g/mol. The van der Waals surface area contributed by atoms with Crippen LogP contribution < -0.4 is 14.8 Å². The topological polar surface area (TPSA) is 56.5 Å². The lowest BCUT2D eigenvalue weighted by atomic mass is 10.2. The minimum absolute atomic E-state index is 0.170. The van der Waals surface area contributed by atoms with Crippen LogP contribution in [0.15, 0.2) is 53.3 Å². The Hall–Kier alpha value is -2.70. The number of aromatic nitrogens is 3. The summed E-state index contributed by atoms with van der Waals surface area (Å²) in [6.45, 7) is 2.85. The van der Waals surface area contributed by atoms with E-state index in [1.54, 1.807) is 12.1 Å². The van der Waals surface area contributed by atoms with E-state index in [1.807, 2.05) is 42.5 Å². The van der Waals surface area contributed by atoms with Crippen LogP contribution >= 0.6 is 22.9 Å². The first-order valence-corrected chi connectivity index (χ1v) is 10.2. The van der Waals surface area contributed by atoms with Gasteiger partial charge in [-0.3, -0.25) is 4.79 Å². The lowest BCUT2D eigenvalue weighted by molar-refractivity contribution is 0.309. The third-order valence-electron chi connectivity index (χ3n) is 4.23. The molecule has 0 saturated heterocycles. The zero-order chi connectivity index (χ0) is 19.5. The Kier molecular flexibility index (Phi) is 5.41. The second kappa shape index (κ2) is 8.12. The van der Waals surface area contributed by atoms with Gasteiger partial charge in [0.2, 0.25) is 4.96 Å². The van der Waals surface area contributed by atoms with Crippen LogP contribution in [0.4, 0.5) is 0 Å². The fourth-order valence-electron chi connectivity index (χ4n) is 2.70. The number of fused-ring (bicyclic) bond motifs is 1. The molecule has 4 rings (SSSR count). The number of unbranched alkanes of at least 4 members (excludes halogenated alkanes) is 1. The predicted molar refractivity (Wildman–Crippen MR) is 113 cm³/mol. The highest BCUT2D eigenvalue weighted by Crippen LogP contribution is 2.19. The van der Waals surface area contributed by atoms with Gasteiger partial charge in [0.25, 0.3) is 5.56 Å². The maximum Gasteiger partial charge on any atom is 0.291 e. The molecule has 0 amide bonds. The van der Waals surface area contributed by atoms with Crippen LogP contribution in [0, 0.1) is 0 Å². The molecule has 7 heteroatoms. The third kappa shape index (κ3) is 3.93. The van der Waals surface area contributed by atoms with Crippen LogP contribution in [0.5, 0.6) is 5.75 Å². The SMILES string of the molecule is CCCCOc1ccc(C=c2sc3nc(-c4ccc(Cl)cc4)nn3c2=O)cc1. The molecular weight excluding hydrogens is 394 g/mol. The number of thiazole rings is 1. The lowest BCUT2D eigenvalue weighted by Crippen LogP contribution is -2.23. The Labute approximate surface area is 170 Å². The molecule has 2 aromatic carbocycles. The summed E-state index contributed by atoms with van der Waals surface area (Å²) >= 11 is 7.24. The van der Waals surface area contributed by atoms with E-state index in [1.165, 1.54) is 15.9 Å². The Morgan fingerprint density at radius 1 is 1.14 bits per heavy atom. The zero-order valence-corrected chi connectivity index (χ0v) is 16.8. The van der Waals surface area contributed by atoms with Gasteiger partial charge in [0.1, 0.15) is 5.75 Å². The van der Waals surface area contributed by atoms with Gasteiger partial charge in [-0.2, -0.15) is 9.50 Å². The number of benzene rings is 2. The molecule has 28 heavy (non-hydrogen) atoms. The van der Waals surface area contributed by atoms with Crippen molar-refractivity contribution in [3.05, 3.63) is 74.0 Å². The van der Waals surface area contributed by atoms with Gasteiger partial charge in [-0.1, -0.05) is 48.4 Å². The largest absolute Gasteiger partial charge is 0.494 e. The van der Waals surface area contributed by atoms with Crippen molar-refractivity contribution in [3.8, 4) is 17.1 Å². The van der Waals surface area contributed by atoms with E-state index < -0.39 is 0 Å². The molecule has 0 spiro atoms. The quantitative estimate of drug-likeness (QED) is 0.446. The van der Waals surface area contributed by atoms with E-state index in [9.17, 15) is 4.79 Å². The van der Waals surface area contributed by atoms with Gasteiger partial charge >= 0.3 is 0 Å². The first kappa shape index (κ1) is 18.7. The molecule has 0 saturated carbocycles. The van der Waals surface area contributed by atoms with Crippen LogP contribution in [-0.2, 0) is 0 Å². The molecular formula is C21H18ClN3O2S. The second-order valence-electron chi connectivity index (χ2n) is 6.32. The lowest BCUT2D eigenvalue weighted by Gasteiger charge is -2.04. The number of nitrogens with zero attached hydrogens (tertiary/aromatic N) is 3. The minimum Gasteiger partial charge on any atom is -0.494 e. The van der Waals surface area contributed by atoms with Gasteiger partial charge < -0.3 is 4.74 Å².